The fourth-order valence-corrected chi connectivity index (χ4v) is 3.00. The summed E-state index contributed by atoms with van der Waals surface area (Å²) in [5.41, 5.74) is 2.88. The summed E-state index contributed by atoms with van der Waals surface area (Å²) in [6.07, 6.45) is 1.26. The molecule has 122 valence electrons. The Morgan fingerprint density at radius 3 is 2.50 bits per heavy atom. The highest BCUT2D eigenvalue weighted by molar-refractivity contribution is 7.99. The van der Waals surface area contributed by atoms with Crippen LogP contribution in [0.2, 0.25) is 0 Å². The highest BCUT2D eigenvalue weighted by Gasteiger charge is 2.15. The smallest absolute Gasteiger partial charge is 0.287 e. The number of nitrogens with zero attached hydrogens (tertiary/aromatic N) is 5. The van der Waals surface area contributed by atoms with Crippen molar-refractivity contribution in [3.8, 4) is 11.4 Å². The van der Waals surface area contributed by atoms with Crippen LogP contribution in [0.25, 0.3) is 11.4 Å². The van der Waals surface area contributed by atoms with E-state index in [0.29, 0.717) is 10.2 Å². The van der Waals surface area contributed by atoms with Gasteiger partial charge in [-0.05, 0) is 31.2 Å². The van der Waals surface area contributed by atoms with Gasteiger partial charge >= 0.3 is 0 Å². The Bertz CT molecular complexity index is 905. The summed E-state index contributed by atoms with van der Waals surface area (Å²) >= 11 is 1.34. The molecule has 2 aromatic heterocycles. The summed E-state index contributed by atoms with van der Waals surface area (Å²) in [4.78, 5) is 14.5. The maximum Gasteiger partial charge on any atom is 0.287 e. The lowest BCUT2D eigenvalue weighted by Gasteiger charge is -2.05. The lowest BCUT2D eigenvalue weighted by molar-refractivity contribution is -0.385. The van der Waals surface area contributed by atoms with Crippen molar-refractivity contribution in [2.75, 3.05) is 0 Å². The molecule has 24 heavy (non-hydrogen) atoms. The molecule has 0 N–H and O–H groups in total. The van der Waals surface area contributed by atoms with Crippen LogP contribution in [0, 0.1) is 24.0 Å². The van der Waals surface area contributed by atoms with Crippen molar-refractivity contribution in [1.29, 1.82) is 0 Å². The van der Waals surface area contributed by atoms with E-state index in [1.54, 1.807) is 6.92 Å². The van der Waals surface area contributed by atoms with Crippen molar-refractivity contribution in [2.45, 2.75) is 24.0 Å². The van der Waals surface area contributed by atoms with Gasteiger partial charge in [-0.3, -0.25) is 10.1 Å². The Balaban J connectivity index is 1.89. The molecule has 0 amide bonds. The van der Waals surface area contributed by atoms with Crippen molar-refractivity contribution in [3.63, 3.8) is 0 Å². The van der Waals surface area contributed by atoms with Gasteiger partial charge in [0.25, 0.3) is 5.69 Å². The maximum atomic E-state index is 10.8. The Hall–Kier alpha value is -2.74. The summed E-state index contributed by atoms with van der Waals surface area (Å²) < 4.78 is 1.89. The largest absolute Gasteiger partial charge is 0.305 e. The Kier molecular flexibility index (Phi) is 4.30. The molecular weight excluding hydrogens is 326 g/mol. The van der Waals surface area contributed by atoms with E-state index in [2.05, 4.69) is 15.2 Å². The first-order valence-electron chi connectivity index (χ1n) is 7.21. The minimum Gasteiger partial charge on any atom is -0.305 e. The number of rotatable bonds is 4. The first-order chi connectivity index (χ1) is 11.5. The van der Waals surface area contributed by atoms with Gasteiger partial charge in [0.05, 0.1) is 4.92 Å². The number of nitro groups is 1. The van der Waals surface area contributed by atoms with Gasteiger partial charge in [0.2, 0.25) is 0 Å². The van der Waals surface area contributed by atoms with Crippen LogP contribution in [0.4, 0.5) is 5.69 Å². The van der Waals surface area contributed by atoms with Gasteiger partial charge in [0.15, 0.2) is 11.0 Å². The van der Waals surface area contributed by atoms with E-state index in [1.165, 1.54) is 29.6 Å². The molecule has 3 rings (SSSR count). The topological polar surface area (TPSA) is 86.7 Å². The standard InChI is InChI=1S/C16H15N5O2S/c1-10-4-6-12(7-5-10)14-18-19-16(20(14)3)24-15-11(2)8-13(9-17-15)21(22)23/h4-9H,1-3H3. The molecule has 0 spiro atoms. The molecule has 0 aliphatic heterocycles. The molecule has 0 unspecified atom stereocenters. The predicted octanol–water partition coefficient (Wildman–Crippen LogP) is 3.55. The monoisotopic (exact) mass is 341 g/mol. The first kappa shape index (κ1) is 16.1. The lowest BCUT2D eigenvalue weighted by Crippen LogP contribution is -1.97. The van der Waals surface area contributed by atoms with Gasteiger partial charge in [-0.25, -0.2) is 4.98 Å². The van der Waals surface area contributed by atoms with Gasteiger partial charge in [-0.1, -0.05) is 29.8 Å². The van der Waals surface area contributed by atoms with Crippen molar-refractivity contribution in [2.24, 2.45) is 7.05 Å². The average Bonchev–Trinajstić information content (AvgIpc) is 2.91. The predicted molar refractivity (Wildman–Crippen MR) is 90.9 cm³/mol. The van der Waals surface area contributed by atoms with Gasteiger partial charge < -0.3 is 4.57 Å². The molecular formula is C16H15N5O2S. The van der Waals surface area contributed by atoms with E-state index in [-0.39, 0.29) is 5.69 Å². The third-order valence-electron chi connectivity index (χ3n) is 3.56. The van der Waals surface area contributed by atoms with Crippen molar-refractivity contribution < 1.29 is 4.92 Å². The normalized spacial score (nSPS) is 10.8. The summed E-state index contributed by atoms with van der Waals surface area (Å²) in [5.74, 6) is 0.761. The van der Waals surface area contributed by atoms with Crippen molar-refractivity contribution in [3.05, 3.63) is 57.8 Å². The van der Waals surface area contributed by atoms with E-state index < -0.39 is 4.92 Å². The molecule has 8 heteroatoms. The number of aromatic nitrogens is 4. The minimum absolute atomic E-state index is 0.0184. The van der Waals surface area contributed by atoms with Gasteiger partial charge in [0.1, 0.15) is 11.2 Å². The Morgan fingerprint density at radius 2 is 1.88 bits per heavy atom. The highest BCUT2D eigenvalue weighted by atomic mass is 32.2. The Labute approximate surface area is 142 Å². The maximum absolute atomic E-state index is 10.8. The SMILES string of the molecule is Cc1ccc(-c2nnc(Sc3ncc([N+](=O)[O-])cc3C)n2C)cc1. The Morgan fingerprint density at radius 1 is 1.17 bits per heavy atom. The molecule has 3 aromatic rings. The minimum atomic E-state index is -0.452. The van der Waals surface area contributed by atoms with Crippen LogP contribution in [0.1, 0.15) is 11.1 Å². The van der Waals surface area contributed by atoms with Gasteiger partial charge in [-0.2, -0.15) is 0 Å². The molecule has 0 bridgehead atoms. The van der Waals surface area contributed by atoms with Gasteiger partial charge in [-0.15, -0.1) is 10.2 Å². The lowest BCUT2D eigenvalue weighted by atomic mass is 10.1. The van der Waals surface area contributed by atoms with Gasteiger partial charge in [0, 0.05) is 18.7 Å². The summed E-state index contributed by atoms with van der Waals surface area (Å²) in [7, 11) is 1.89. The second kappa shape index (κ2) is 6.40. The molecule has 1 aromatic carbocycles. The van der Waals surface area contributed by atoms with E-state index in [0.717, 1.165) is 17.0 Å². The van der Waals surface area contributed by atoms with Crippen LogP contribution in [-0.4, -0.2) is 24.7 Å². The molecule has 0 aliphatic carbocycles. The second-order valence-electron chi connectivity index (χ2n) is 5.41. The third-order valence-corrected chi connectivity index (χ3v) is 4.72. The van der Waals surface area contributed by atoms with E-state index >= 15 is 0 Å². The number of aryl methyl sites for hydroxylation is 2. The number of benzene rings is 1. The third kappa shape index (κ3) is 3.13. The summed E-state index contributed by atoms with van der Waals surface area (Å²) in [5, 5.41) is 20.6. The van der Waals surface area contributed by atoms with Crippen LogP contribution >= 0.6 is 11.8 Å². The van der Waals surface area contributed by atoms with E-state index in [9.17, 15) is 10.1 Å². The summed E-state index contributed by atoms with van der Waals surface area (Å²) in [6, 6.07) is 9.57. The zero-order chi connectivity index (χ0) is 17.3. The van der Waals surface area contributed by atoms with Crippen LogP contribution < -0.4 is 0 Å². The first-order valence-corrected chi connectivity index (χ1v) is 8.02. The average molecular weight is 341 g/mol. The zero-order valence-electron chi connectivity index (χ0n) is 13.4. The molecule has 0 atom stereocenters. The van der Waals surface area contributed by atoms with E-state index in [4.69, 9.17) is 0 Å². The highest BCUT2D eigenvalue weighted by Crippen LogP contribution is 2.30. The quantitative estimate of drug-likeness (QED) is 0.533. The fraction of sp³-hybridized carbons (Fsp3) is 0.188. The molecule has 0 fully saturated rings. The molecule has 0 aliphatic rings. The number of hydrogen-bond acceptors (Lipinski definition) is 6. The number of pyridine rings is 1. The molecule has 0 saturated carbocycles. The summed E-state index contributed by atoms with van der Waals surface area (Å²) in [6.45, 7) is 3.82. The van der Waals surface area contributed by atoms with Crippen LogP contribution in [0.3, 0.4) is 0 Å². The van der Waals surface area contributed by atoms with Crippen molar-refractivity contribution in [1.82, 2.24) is 19.7 Å². The molecule has 2 heterocycles. The zero-order valence-corrected chi connectivity index (χ0v) is 14.2. The van der Waals surface area contributed by atoms with Crippen LogP contribution in [-0.2, 0) is 7.05 Å². The molecule has 0 radical (unpaired) electrons. The van der Waals surface area contributed by atoms with E-state index in [1.807, 2.05) is 42.8 Å². The molecule has 7 nitrogen and oxygen atoms in total. The number of hydrogen-bond donors (Lipinski definition) is 0. The van der Waals surface area contributed by atoms with Crippen LogP contribution in [0.15, 0.2) is 46.7 Å². The van der Waals surface area contributed by atoms with Crippen LogP contribution in [0.5, 0.6) is 0 Å². The fourth-order valence-electron chi connectivity index (χ4n) is 2.20. The second-order valence-corrected chi connectivity index (χ2v) is 6.36. The van der Waals surface area contributed by atoms with Crippen molar-refractivity contribution >= 4 is 17.4 Å². The molecule has 0 saturated heterocycles.